The highest BCUT2D eigenvalue weighted by Gasteiger charge is 2.37. The third-order valence-electron chi connectivity index (χ3n) is 4.07. The molecule has 0 atom stereocenters. The van der Waals surface area contributed by atoms with Crippen molar-refractivity contribution in [3.63, 3.8) is 0 Å². The average molecular weight is 291 g/mol. The van der Waals surface area contributed by atoms with Crippen LogP contribution in [-0.2, 0) is 17.6 Å². The minimum Gasteiger partial charge on any atom is -0.480 e. The second-order valence-electron chi connectivity index (χ2n) is 5.79. The summed E-state index contributed by atoms with van der Waals surface area (Å²) in [5.41, 5.74) is 6.58. The third-order valence-corrected chi connectivity index (χ3v) is 4.07. The van der Waals surface area contributed by atoms with Crippen molar-refractivity contribution >= 4 is 17.7 Å². The number of likely N-dealkylation sites (N-methyl/N-ethyl adjacent to an activating group) is 1. The average Bonchev–Trinajstić information content (AvgIpc) is 2.85. The van der Waals surface area contributed by atoms with E-state index in [2.05, 4.69) is 4.98 Å². The summed E-state index contributed by atoms with van der Waals surface area (Å²) in [5, 5.41) is 9.44. The van der Waals surface area contributed by atoms with Crippen LogP contribution in [0.2, 0.25) is 0 Å². The topological polar surface area (TPSA) is 96.5 Å². The second-order valence-corrected chi connectivity index (χ2v) is 5.79. The summed E-state index contributed by atoms with van der Waals surface area (Å²) in [4.78, 5) is 29.4. The largest absolute Gasteiger partial charge is 0.480 e. The Morgan fingerprint density at radius 3 is 2.62 bits per heavy atom. The molecule has 1 amide bonds. The molecule has 21 heavy (non-hydrogen) atoms. The van der Waals surface area contributed by atoms with E-state index < -0.39 is 17.4 Å². The SMILES string of the molecule is CCN(c1nc2c(cc1C(N)=O)CCC2)C(C)(C)C(=O)O. The molecule has 0 bridgehead atoms. The van der Waals surface area contributed by atoms with E-state index in [-0.39, 0.29) is 0 Å². The van der Waals surface area contributed by atoms with Crippen LogP contribution in [0, 0.1) is 0 Å². The van der Waals surface area contributed by atoms with Crippen LogP contribution in [-0.4, -0.2) is 34.1 Å². The molecule has 1 aromatic rings. The normalized spacial score (nSPS) is 13.9. The molecule has 6 nitrogen and oxygen atoms in total. The number of carbonyl (C=O) groups excluding carboxylic acids is 1. The second kappa shape index (κ2) is 5.35. The van der Waals surface area contributed by atoms with Crippen LogP contribution in [0.4, 0.5) is 5.82 Å². The summed E-state index contributed by atoms with van der Waals surface area (Å²) in [5.74, 6) is -1.17. The molecule has 1 aliphatic carbocycles. The number of aliphatic carboxylic acids is 1. The number of hydrogen-bond acceptors (Lipinski definition) is 4. The first-order valence-electron chi connectivity index (χ1n) is 7.12. The van der Waals surface area contributed by atoms with Gasteiger partial charge in [0, 0.05) is 12.2 Å². The maximum atomic E-state index is 11.7. The number of nitrogens with two attached hydrogens (primary N) is 1. The van der Waals surface area contributed by atoms with E-state index in [0.717, 1.165) is 30.5 Å². The smallest absolute Gasteiger partial charge is 0.328 e. The lowest BCUT2D eigenvalue weighted by Crippen LogP contribution is -2.51. The van der Waals surface area contributed by atoms with Crippen molar-refractivity contribution in [1.82, 2.24) is 4.98 Å². The summed E-state index contributed by atoms with van der Waals surface area (Å²) < 4.78 is 0. The van der Waals surface area contributed by atoms with Gasteiger partial charge in [-0.05, 0) is 51.7 Å². The molecule has 0 spiro atoms. The van der Waals surface area contributed by atoms with E-state index in [4.69, 9.17) is 5.73 Å². The van der Waals surface area contributed by atoms with Crippen LogP contribution in [0.5, 0.6) is 0 Å². The number of fused-ring (bicyclic) bond motifs is 1. The van der Waals surface area contributed by atoms with E-state index in [9.17, 15) is 14.7 Å². The number of rotatable bonds is 5. The zero-order valence-corrected chi connectivity index (χ0v) is 12.6. The highest BCUT2D eigenvalue weighted by molar-refractivity contribution is 5.99. The molecule has 3 N–H and O–H groups in total. The third kappa shape index (κ3) is 2.57. The van der Waals surface area contributed by atoms with Crippen molar-refractivity contribution in [3.05, 3.63) is 22.9 Å². The van der Waals surface area contributed by atoms with Crippen LogP contribution in [0.15, 0.2) is 6.07 Å². The van der Waals surface area contributed by atoms with Crippen LogP contribution >= 0.6 is 0 Å². The van der Waals surface area contributed by atoms with Crippen LogP contribution < -0.4 is 10.6 Å². The Morgan fingerprint density at radius 2 is 2.10 bits per heavy atom. The van der Waals surface area contributed by atoms with Crippen molar-refractivity contribution in [2.75, 3.05) is 11.4 Å². The standard InChI is InChI=1S/C15H21N3O3/c1-4-18(15(2,3)14(20)21)13-10(12(16)19)8-9-6-5-7-11(9)17-13/h8H,4-7H2,1-3H3,(H2,16,19)(H,20,21). The number of anilines is 1. The van der Waals surface area contributed by atoms with Gasteiger partial charge in [0.1, 0.15) is 11.4 Å². The van der Waals surface area contributed by atoms with Crippen molar-refractivity contribution in [1.29, 1.82) is 0 Å². The van der Waals surface area contributed by atoms with Crippen LogP contribution in [0.25, 0.3) is 0 Å². The minimum absolute atomic E-state index is 0.298. The summed E-state index contributed by atoms with van der Waals surface area (Å²) in [6.45, 7) is 5.45. The lowest BCUT2D eigenvalue weighted by molar-refractivity contribution is -0.142. The van der Waals surface area contributed by atoms with Gasteiger partial charge in [-0.3, -0.25) is 4.79 Å². The molecule has 1 aromatic heterocycles. The molecule has 0 fully saturated rings. The fourth-order valence-corrected chi connectivity index (χ4v) is 2.77. The van der Waals surface area contributed by atoms with Gasteiger partial charge in [-0.1, -0.05) is 0 Å². The number of carboxylic acids is 1. The molecule has 0 aliphatic heterocycles. The molecule has 114 valence electrons. The van der Waals surface area contributed by atoms with Crippen LogP contribution in [0.1, 0.15) is 48.8 Å². The zero-order valence-electron chi connectivity index (χ0n) is 12.6. The monoisotopic (exact) mass is 291 g/mol. The number of amides is 1. The molecule has 2 rings (SSSR count). The predicted octanol–water partition coefficient (Wildman–Crippen LogP) is 1.36. The Kier molecular flexibility index (Phi) is 3.89. The van der Waals surface area contributed by atoms with E-state index in [1.54, 1.807) is 24.8 Å². The summed E-state index contributed by atoms with van der Waals surface area (Å²) in [6.07, 6.45) is 2.74. The van der Waals surface area contributed by atoms with Gasteiger partial charge in [0.15, 0.2) is 0 Å². The molecular weight excluding hydrogens is 270 g/mol. The van der Waals surface area contributed by atoms with Gasteiger partial charge in [0.2, 0.25) is 0 Å². The van der Waals surface area contributed by atoms with Gasteiger partial charge in [-0.25, -0.2) is 9.78 Å². The fourth-order valence-electron chi connectivity index (χ4n) is 2.77. The molecule has 0 saturated carbocycles. The first kappa shape index (κ1) is 15.3. The molecule has 0 aromatic carbocycles. The number of primary amides is 1. The van der Waals surface area contributed by atoms with Crippen LogP contribution in [0.3, 0.4) is 0 Å². The number of pyridine rings is 1. The van der Waals surface area contributed by atoms with Gasteiger partial charge < -0.3 is 15.7 Å². The Balaban J connectivity index is 2.60. The molecular formula is C15H21N3O3. The van der Waals surface area contributed by atoms with E-state index in [1.807, 2.05) is 6.92 Å². The Labute approximate surface area is 124 Å². The lowest BCUT2D eigenvalue weighted by atomic mass is 10.0. The van der Waals surface area contributed by atoms with Gasteiger partial charge in [0.25, 0.3) is 5.91 Å². The fraction of sp³-hybridized carbons (Fsp3) is 0.533. The van der Waals surface area contributed by atoms with E-state index >= 15 is 0 Å². The van der Waals surface area contributed by atoms with Crippen molar-refractivity contribution in [2.45, 2.75) is 45.6 Å². The van der Waals surface area contributed by atoms with Crippen molar-refractivity contribution in [3.8, 4) is 0 Å². The predicted molar refractivity (Wildman–Crippen MR) is 79.5 cm³/mol. The lowest BCUT2D eigenvalue weighted by Gasteiger charge is -2.36. The number of hydrogen-bond donors (Lipinski definition) is 2. The van der Waals surface area contributed by atoms with Gasteiger partial charge in [-0.2, -0.15) is 0 Å². The molecule has 0 radical (unpaired) electrons. The number of nitrogens with zero attached hydrogens (tertiary/aromatic N) is 2. The zero-order chi connectivity index (χ0) is 15.8. The highest BCUT2D eigenvalue weighted by atomic mass is 16.4. The van der Waals surface area contributed by atoms with Gasteiger partial charge in [-0.15, -0.1) is 0 Å². The molecule has 1 heterocycles. The molecule has 6 heteroatoms. The van der Waals surface area contributed by atoms with E-state index in [0.29, 0.717) is 17.9 Å². The quantitative estimate of drug-likeness (QED) is 0.853. The molecule has 1 aliphatic rings. The summed E-state index contributed by atoms with van der Waals surface area (Å²) in [6, 6.07) is 1.77. The van der Waals surface area contributed by atoms with Crippen molar-refractivity contribution < 1.29 is 14.7 Å². The Hall–Kier alpha value is -2.11. The minimum atomic E-state index is -1.17. The maximum absolute atomic E-state index is 11.7. The Morgan fingerprint density at radius 1 is 1.43 bits per heavy atom. The number of aryl methyl sites for hydroxylation is 2. The van der Waals surface area contributed by atoms with Gasteiger partial charge >= 0.3 is 5.97 Å². The number of carboxylic acid groups (broad SMARTS) is 1. The maximum Gasteiger partial charge on any atom is 0.328 e. The first-order valence-corrected chi connectivity index (χ1v) is 7.12. The van der Waals surface area contributed by atoms with E-state index in [1.165, 1.54) is 0 Å². The molecule has 0 unspecified atom stereocenters. The highest BCUT2D eigenvalue weighted by Crippen LogP contribution is 2.31. The number of aromatic nitrogens is 1. The first-order chi connectivity index (χ1) is 9.78. The van der Waals surface area contributed by atoms with Crippen molar-refractivity contribution in [2.24, 2.45) is 5.73 Å². The molecule has 0 saturated heterocycles. The van der Waals surface area contributed by atoms with Gasteiger partial charge in [0.05, 0.1) is 5.56 Å². The number of carbonyl (C=O) groups is 2. The summed E-state index contributed by atoms with van der Waals surface area (Å²) in [7, 11) is 0. The Bertz CT molecular complexity index is 596. The summed E-state index contributed by atoms with van der Waals surface area (Å²) >= 11 is 0.